The Morgan fingerprint density at radius 1 is 1.21 bits per heavy atom. The molecule has 1 atom stereocenters. The van der Waals surface area contributed by atoms with Gasteiger partial charge in [0.15, 0.2) is 0 Å². The number of carbonyl (C=O) groups is 1. The topological polar surface area (TPSA) is 95.8 Å². The van der Waals surface area contributed by atoms with E-state index in [-0.39, 0.29) is 11.4 Å². The molecule has 1 aliphatic rings. The van der Waals surface area contributed by atoms with Crippen molar-refractivity contribution in [2.24, 2.45) is 0 Å². The molecular formula is C26H28N5O2+. The summed E-state index contributed by atoms with van der Waals surface area (Å²) in [6.45, 7) is 7.10. The van der Waals surface area contributed by atoms with E-state index in [1.165, 1.54) is 12.4 Å². The predicted molar refractivity (Wildman–Crippen MR) is 127 cm³/mol. The van der Waals surface area contributed by atoms with Crippen LogP contribution in [0.1, 0.15) is 30.9 Å². The van der Waals surface area contributed by atoms with Crippen LogP contribution in [0.15, 0.2) is 79.8 Å². The minimum Gasteiger partial charge on any atom is -0.457 e. The fraction of sp³-hybridized carbons (Fsp3) is 0.231. The molecule has 1 fully saturated rings. The number of hydrogen-bond acceptors (Lipinski definition) is 5. The Bertz CT molecular complexity index is 1150. The molecule has 0 spiro atoms. The number of benzene rings is 2. The van der Waals surface area contributed by atoms with Gasteiger partial charge in [0, 0.05) is 18.3 Å². The number of ether oxygens (including phenoxy) is 1. The normalized spacial score (nSPS) is 17.5. The van der Waals surface area contributed by atoms with Crippen LogP contribution in [-0.2, 0) is 4.79 Å². The van der Waals surface area contributed by atoms with Gasteiger partial charge in [-0.15, -0.1) is 0 Å². The van der Waals surface area contributed by atoms with Crippen molar-refractivity contribution in [2.75, 3.05) is 13.1 Å². The highest BCUT2D eigenvalue weighted by atomic mass is 16.5. The second kappa shape index (κ2) is 9.75. The summed E-state index contributed by atoms with van der Waals surface area (Å²) >= 11 is 0. The van der Waals surface area contributed by atoms with Gasteiger partial charge in [-0.3, -0.25) is 15.5 Å². The molecule has 1 aliphatic heterocycles. The summed E-state index contributed by atoms with van der Waals surface area (Å²) in [6.07, 6.45) is 6.42. The second-order valence-corrected chi connectivity index (χ2v) is 8.34. The lowest BCUT2D eigenvalue weighted by atomic mass is 9.98. The van der Waals surface area contributed by atoms with E-state index in [1.807, 2.05) is 64.8 Å². The number of likely N-dealkylation sites (tertiary alicyclic amines) is 1. The van der Waals surface area contributed by atoms with Gasteiger partial charge in [0.05, 0.1) is 16.8 Å². The molecule has 1 amide bonds. The molecule has 2 aromatic carbocycles. The van der Waals surface area contributed by atoms with Crippen LogP contribution in [0.4, 0.5) is 5.82 Å². The summed E-state index contributed by atoms with van der Waals surface area (Å²) in [7, 11) is 0. The number of para-hydroxylation sites is 1. The molecule has 0 unspecified atom stereocenters. The van der Waals surface area contributed by atoms with Crippen molar-refractivity contribution in [1.29, 1.82) is 5.41 Å². The van der Waals surface area contributed by atoms with Gasteiger partial charge in [-0.25, -0.2) is 4.98 Å². The number of hydrogen-bond donors (Lipinski definition) is 2. The van der Waals surface area contributed by atoms with Crippen LogP contribution in [-0.4, -0.2) is 45.1 Å². The Kier molecular flexibility index (Phi) is 6.60. The van der Waals surface area contributed by atoms with Crippen molar-refractivity contribution in [1.82, 2.24) is 14.9 Å². The fourth-order valence-electron chi connectivity index (χ4n) is 4.20. The molecule has 3 N–H and O–H groups in total. The Labute approximate surface area is 193 Å². The number of nitrogens with zero attached hydrogens (tertiary/aromatic N) is 3. The molecule has 1 saturated heterocycles. The van der Waals surface area contributed by atoms with E-state index in [4.69, 9.17) is 10.1 Å². The SMILES string of the molecule is C=CC(=O)N1CCC[C@]1(C)C[NH2+]c1ncncc1C(=N)c1ccc(Oc2ccccc2)cc1. The summed E-state index contributed by atoms with van der Waals surface area (Å²) in [6, 6.07) is 17.0. The van der Waals surface area contributed by atoms with Crippen LogP contribution in [0, 0.1) is 5.41 Å². The van der Waals surface area contributed by atoms with E-state index in [1.54, 1.807) is 6.20 Å². The van der Waals surface area contributed by atoms with Gasteiger partial charge < -0.3 is 9.64 Å². The molecule has 0 saturated carbocycles. The van der Waals surface area contributed by atoms with Crippen molar-refractivity contribution < 1.29 is 14.8 Å². The van der Waals surface area contributed by atoms with Gasteiger partial charge in [0.2, 0.25) is 11.7 Å². The third-order valence-corrected chi connectivity index (χ3v) is 6.06. The van der Waals surface area contributed by atoms with Crippen molar-refractivity contribution >= 4 is 17.4 Å². The van der Waals surface area contributed by atoms with Gasteiger partial charge in [-0.05, 0) is 62.2 Å². The number of rotatable bonds is 8. The quantitative estimate of drug-likeness (QED) is 0.413. The van der Waals surface area contributed by atoms with Crippen LogP contribution in [0.2, 0.25) is 0 Å². The van der Waals surface area contributed by atoms with Gasteiger partial charge in [-0.2, -0.15) is 4.98 Å². The van der Waals surface area contributed by atoms with Crippen molar-refractivity contribution in [2.45, 2.75) is 25.3 Å². The first-order valence-corrected chi connectivity index (χ1v) is 11.0. The zero-order chi connectivity index (χ0) is 23.3. The number of amides is 1. The summed E-state index contributed by atoms with van der Waals surface area (Å²) in [5, 5.41) is 10.8. The van der Waals surface area contributed by atoms with E-state index in [2.05, 4.69) is 23.5 Å². The number of carbonyl (C=O) groups excluding carboxylic acids is 1. The third-order valence-electron chi connectivity index (χ3n) is 6.06. The minimum atomic E-state index is -0.286. The third kappa shape index (κ3) is 4.99. The first-order chi connectivity index (χ1) is 16.0. The zero-order valence-electron chi connectivity index (χ0n) is 18.7. The van der Waals surface area contributed by atoms with Crippen molar-refractivity contribution in [3.8, 4) is 11.5 Å². The highest BCUT2D eigenvalue weighted by Gasteiger charge is 2.40. The van der Waals surface area contributed by atoms with Crippen LogP contribution < -0.4 is 10.1 Å². The number of nitrogens with two attached hydrogens (primary N) is 1. The summed E-state index contributed by atoms with van der Waals surface area (Å²) < 4.78 is 5.85. The second-order valence-electron chi connectivity index (χ2n) is 8.34. The van der Waals surface area contributed by atoms with Gasteiger partial charge in [0.25, 0.3) is 0 Å². The van der Waals surface area contributed by atoms with E-state index in [0.717, 1.165) is 30.7 Å². The maximum Gasteiger partial charge on any atom is 0.246 e. The van der Waals surface area contributed by atoms with Crippen molar-refractivity contribution in [3.05, 3.63) is 90.9 Å². The minimum absolute atomic E-state index is 0.0446. The van der Waals surface area contributed by atoms with E-state index in [0.29, 0.717) is 29.4 Å². The molecule has 3 aromatic rings. The lowest BCUT2D eigenvalue weighted by molar-refractivity contribution is -0.585. The number of quaternary nitrogens is 1. The molecule has 2 heterocycles. The standard InChI is InChI=1S/C26H27N5O2/c1-3-23(32)31-15-7-14-26(31,2)17-29-25-22(16-28-18-30-25)24(27)19-10-12-21(13-11-19)33-20-8-5-4-6-9-20/h3-6,8-13,16,18,27H,1,7,14-15,17H2,2H3,(H,28,29,30)/p+1/t26-/m1/s1. The Morgan fingerprint density at radius 2 is 1.94 bits per heavy atom. The van der Waals surface area contributed by atoms with Crippen molar-refractivity contribution in [3.63, 3.8) is 0 Å². The fourth-order valence-corrected chi connectivity index (χ4v) is 4.20. The van der Waals surface area contributed by atoms with Crippen LogP contribution in [0.3, 0.4) is 0 Å². The molecule has 1 aromatic heterocycles. The highest BCUT2D eigenvalue weighted by Crippen LogP contribution is 2.28. The first kappa shape index (κ1) is 22.4. The number of nitrogens with one attached hydrogen (secondary N) is 1. The van der Waals surface area contributed by atoms with Crippen LogP contribution >= 0.6 is 0 Å². The smallest absolute Gasteiger partial charge is 0.246 e. The molecule has 4 rings (SSSR count). The van der Waals surface area contributed by atoms with Gasteiger partial charge >= 0.3 is 0 Å². The van der Waals surface area contributed by atoms with Crippen LogP contribution in [0.25, 0.3) is 0 Å². The maximum absolute atomic E-state index is 12.3. The van der Waals surface area contributed by atoms with E-state index in [9.17, 15) is 4.79 Å². The molecule has 0 radical (unpaired) electrons. The lowest BCUT2D eigenvalue weighted by Crippen LogP contribution is -2.84. The monoisotopic (exact) mass is 442 g/mol. The lowest BCUT2D eigenvalue weighted by Gasteiger charge is -2.32. The molecular weight excluding hydrogens is 414 g/mol. The predicted octanol–water partition coefficient (Wildman–Crippen LogP) is 3.45. The van der Waals surface area contributed by atoms with E-state index >= 15 is 0 Å². The number of aromatic nitrogens is 2. The highest BCUT2D eigenvalue weighted by molar-refractivity contribution is 6.12. The summed E-state index contributed by atoms with van der Waals surface area (Å²) in [4.78, 5) is 22.7. The zero-order valence-corrected chi connectivity index (χ0v) is 18.7. The maximum atomic E-state index is 12.3. The summed E-state index contributed by atoms with van der Waals surface area (Å²) in [5.74, 6) is 2.11. The molecule has 7 nitrogen and oxygen atoms in total. The Morgan fingerprint density at radius 3 is 2.67 bits per heavy atom. The van der Waals surface area contributed by atoms with Crippen LogP contribution in [0.5, 0.6) is 11.5 Å². The largest absolute Gasteiger partial charge is 0.457 e. The Balaban J connectivity index is 1.48. The van der Waals surface area contributed by atoms with E-state index < -0.39 is 0 Å². The molecule has 0 bridgehead atoms. The average molecular weight is 443 g/mol. The van der Waals surface area contributed by atoms with Gasteiger partial charge in [0.1, 0.15) is 24.4 Å². The first-order valence-electron chi connectivity index (χ1n) is 11.0. The summed E-state index contributed by atoms with van der Waals surface area (Å²) in [5.41, 5.74) is 1.45. The Hall–Kier alpha value is -3.84. The molecule has 33 heavy (non-hydrogen) atoms. The molecule has 7 heteroatoms. The molecule has 0 aliphatic carbocycles. The molecule has 168 valence electrons. The average Bonchev–Trinajstić information content (AvgIpc) is 3.25. The van der Waals surface area contributed by atoms with Gasteiger partial charge in [-0.1, -0.05) is 24.8 Å².